The van der Waals surface area contributed by atoms with Crippen molar-refractivity contribution in [3.8, 4) is 0 Å². The SMILES string of the molecule is O=C(NNC(=O)c1cc(C23CC4CC(CC(C4)C2)C3)c2ccccc2n1)NC12CC3CC(CC(C3)C1)C2. The van der Waals surface area contributed by atoms with Crippen LogP contribution < -0.4 is 16.2 Å². The van der Waals surface area contributed by atoms with Crippen LogP contribution in [0.5, 0.6) is 0 Å². The quantitative estimate of drug-likeness (QED) is 0.481. The van der Waals surface area contributed by atoms with E-state index in [1.54, 1.807) is 0 Å². The van der Waals surface area contributed by atoms with Gasteiger partial charge < -0.3 is 5.32 Å². The van der Waals surface area contributed by atoms with Gasteiger partial charge in [-0.2, -0.15) is 0 Å². The van der Waals surface area contributed by atoms with E-state index < -0.39 is 0 Å². The minimum Gasteiger partial charge on any atom is -0.331 e. The molecule has 0 unspecified atom stereocenters. The van der Waals surface area contributed by atoms with Crippen molar-refractivity contribution in [2.24, 2.45) is 35.5 Å². The second-order valence-electron chi connectivity index (χ2n) is 14.0. The second-order valence-corrected chi connectivity index (χ2v) is 14.0. The molecular weight excluding hydrogens is 460 g/mol. The molecule has 0 atom stereocenters. The molecule has 0 aliphatic heterocycles. The average molecular weight is 499 g/mol. The lowest BCUT2D eigenvalue weighted by molar-refractivity contribution is -0.0137. The third kappa shape index (κ3) is 3.69. The van der Waals surface area contributed by atoms with Gasteiger partial charge in [0.2, 0.25) is 0 Å². The van der Waals surface area contributed by atoms with Crippen LogP contribution in [0.1, 0.15) is 93.1 Å². The number of pyridine rings is 1. The summed E-state index contributed by atoms with van der Waals surface area (Å²) in [6.07, 6.45) is 15.1. The molecule has 37 heavy (non-hydrogen) atoms. The fraction of sp³-hybridized carbons (Fsp3) is 0.645. The topological polar surface area (TPSA) is 83.1 Å². The van der Waals surface area contributed by atoms with Crippen molar-refractivity contribution in [3.05, 3.63) is 41.6 Å². The molecule has 1 heterocycles. The Labute approximate surface area is 218 Å². The lowest BCUT2D eigenvalue weighted by atomic mass is 9.48. The first-order valence-electron chi connectivity index (χ1n) is 14.7. The van der Waals surface area contributed by atoms with E-state index in [4.69, 9.17) is 4.98 Å². The molecule has 6 heteroatoms. The predicted octanol–water partition coefficient (Wildman–Crippen LogP) is 5.62. The van der Waals surface area contributed by atoms with Crippen molar-refractivity contribution in [1.82, 2.24) is 21.2 Å². The maximum absolute atomic E-state index is 13.3. The number of aromatic nitrogens is 1. The number of urea groups is 1. The Bertz CT molecular complexity index is 1210. The van der Waals surface area contributed by atoms with E-state index >= 15 is 0 Å². The number of amides is 3. The van der Waals surface area contributed by atoms with E-state index in [0.717, 1.165) is 60.3 Å². The first-order chi connectivity index (χ1) is 17.9. The molecule has 8 fully saturated rings. The van der Waals surface area contributed by atoms with E-state index in [1.807, 2.05) is 18.2 Å². The highest BCUT2D eigenvalue weighted by molar-refractivity contribution is 5.97. The lowest BCUT2D eigenvalue weighted by Crippen LogP contribution is -2.62. The van der Waals surface area contributed by atoms with Crippen molar-refractivity contribution in [2.45, 2.75) is 88.0 Å². The highest BCUT2D eigenvalue weighted by atomic mass is 16.2. The summed E-state index contributed by atoms with van der Waals surface area (Å²) in [5, 5.41) is 4.46. The van der Waals surface area contributed by atoms with Crippen molar-refractivity contribution >= 4 is 22.8 Å². The monoisotopic (exact) mass is 498 g/mol. The molecule has 8 aliphatic rings. The van der Waals surface area contributed by atoms with Crippen molar-refractivity contribution < 1.29 is 9.59 Å². The molecule has 2 aromatic rings. The minimum absolute atomic E-state index is 0.0869. The van der Waals surface area contributed by atoms with Gasteiger partial charge in [0.1, 0.15) is 5.69 Å². The zero-order chi connectivity index (χ0) is 24.8. The third-order valence-electron chi connectivity index (χ3n) is 11.3. The molecule has 6 nitrogen and oxygen atoms in total. The van der Waals surface area contributed by atoms with Gasteiger partial charge in [-0.1, -0.05) is 18.2 Å². The van der Waals surface area contributed by atoms with Gasteiger partial charge in [0.05, 0.1) is 5.52 Å². The lowest BCUT2D eigenvalue weighted by Gasteiger charge is -2.57. The fourth-order valence-electron chi connectivity index (χ4n) is 10.9. The highest BCUT2D eigenvalue weighted by Crippen LogP contribution is 2.61. The molecule has 0 saturated heterocycles. The summed E-state index contributed by atoms with van der Waals surface area (Å²) in [6, 6.07) is 10.0. The Morgan fingerprint density at radius 1 is 0.730 bits per heavy atom. The smallest absolute Gasteiger partial charge is 0.331 e. The largest absolute Gasteiger partial charge is 0.333 e. The number of fused-ring (bicyclic) bond motifs is 1. The summed E-state index contributed by atoms with van der Waals surface area (Å²) in [6.45, 7) is 0. The summed E-state index contributed by atoms with van der Waals surface area (Å²) < 4.78 is 0. The van der Waals surface area contributed by atoms with Crippen LogP contribution in [-0.2, 0) is 5.41 Å². The molecule has 8 aliphatic carbocycles. The normalized spacial score (nSPS) is 40.6. The van der Waals surface area contributed by atoms with Crippen LogP contribution in [0.3, 0.4) is 0 Å². The summed E-state index contributed by atoms with van der Waals surface area (Å²) in [5.41, 5.74) is 8.01. The second kappa shape index (κ2) is 7.94. The van der Waals surface area contributed by atoms with E-state index in [0.29, 0.717) is 5.69 Å². The molecule has 0 radical (unpaired) electrons. The molecule has 3 N–H and O–H groups in total. The van der Waals surface area contributed by atoms with Crippen LogP contribution in [0.25, 0.3) is 10.9 Å². The van der Waals surface area contributed by atoms with Crippen molar-refractivity contribution in [2.75, 3.05) is 0 Å². The van der Waals surface area contributed by atoms with Crippen LogP contribution in [0.2, 0.25) is 0 Å². The molecule has 3 amide bonds. The van der Waals surface area contributed by atoms with E-state index in [2.05, 4.69) is 28.3 Å². The molecule has 0 spiro atoms. The van der Waals surface area contributed by atoms with Crippen LogP contribution in [-0.4, -0.2) is 22.5 Å². The van der Waals surface area contributed by atoms with Gasteiger partial charge in [-0.05, 0) is 136 Å². The zero-order valence-corrected chi connectivity index (χ0v) is 21.6. The summed E-state index contributed by atoms with van der Waals surface area (Å²) >= 11 is 0. The number of hydrogen-bond acceptors (Lipinski definition) is 3. The predicted molar refractivity (Wildman–Crippen MR) is 142 cm³/mol. The van der Waals surface area contributed by atoms with Gasteiger partial charge in [0.15, 0.2) is 0 Å². The average Bonchev–Trinajstić information content (AvgIpc) is 2.84. The molecule has 1 aromatic carbocycles. The van der Waals surface area contributed by atoms with Gasteiger partial charge in [0, 0.05) is 10.9 Å². The number of nitrogens with one attached hydrogen (secondary N) is 3. The molecule has 10 rings (SSSR count). The fourth-order valence-corrected chi connectivity index (χ4v) is 10.9. The van der Waals surface area contributed by atoms with Crippen LogP contribution >= 0.6 is 0 Å². The third-order valence-corrected chi connectivity index (χ3v) is 11.3. The Hall–Kier alpha value is -2.63. The first kappa shape index (κ1) is 22.4. The Morgan fingerprint density at radius 3 is 1.86 bits per heavy atom. The van der Waals surface area contributed by atoms with Crippen LogP contribution in [0.15, 0.2) is 30.3 Å². The van der Waals surface area contributed by atoms with Gasteiger partial charge in [-0.3, -0.25) is 10.2 Å². The number of carbonyl (C=O) groups excluding carboxylic acids is 2. The Kier molecular flexibility index (Phi) is 4.80. The maximum Gasteiger partial charge on any atom is 0.333 e. The van der Waals surface area contributed by atoms with E-state index in [1.165, 1.54) is 68.7 Å². The molecule has 8 saturated carbocycles. The van der Waals surface area contributed by atoms with Gasteiger partial charge in [-0.15, -0.1) is 0 Å². The number of nitrogens with zero attached hydrogens (tertiary/aromatic N) is 1. The Morgan fingerprint density at radius 2 is 1.27 bits per heavy atom. The molecular formula is C31H38N4O2. The van der Waals surface area contributed by atoms with E-state index in [-0.39, 0.29) is 22.9 Å². The zero-order valence-electron chi connectivity index (χ0n) is 21.6. The van der Waals surface area contributed by atoms with Crippen LogP contribution in [0, 0.1) is 35.5 Å². The molecule has 194 valence electrons. The summed E-state index contributed by atoms with van der Waals surface area (Å²) in [7, 11) is 0. The van der Waals surface area contributed by atoms with E-state index in [9.17, 15) is 9.59 Å². The number of rotatable bonds is 3. The van der Waals surface area contributed by atoms with Gasteiger partial charge in [-0.25, -0.2) is 15.2 Å². The minimum atomic E-state index is -0.336. The maximum atomic E-state index is 13.3. The highest BCUT2D eigenvalue weighted by Gasteiger charge is 2.53. The molecule has 8 bridgehead atoms. The standard InChI is InChI=1S/C31H38N4O2/c36-28(34-35-29(37)33-31-15-21-8-22(16-31)10-23(9-21)17-31)27-11-25(24-3-1-2-4-26(24)32-27)30-12-18-5-19(13-30)7-20(6-18)14-30/h1-4,11,18-23H,5-10,12-17H2,(H,34,36)(H2,33,35,37). The summed E-state index contributed by atoms with van der Waals surface area (Å²) in [5.74, 6) is 4.40. The van der Waals surface area contributed by atoms with Crippen molar-refractivity contribution in [3.63, 3.8) is 0 Å². The Balaban J connectivity index is 1.02. The van der Waals surface area contributed by atoms with Gasteiger partial charge >= 0.3 is 6.03 Å². The first-order valence-corrected chi connectivity index (χ1v) is 14.7. The number of benzene rings is 1. The number of para-hydroxylation sites is 1. The number of hydrogen-bond donors (Lipinski definition) is 3. The summed E-state index contributed by atoms with van der Waals surface area (Å²) in [4.78, 5) is 31.0. The van der Waals surface area contributed by atoms with Gasteiger partial charge in [0.25, 0.3) is 5.91 Å². The number of hydrazine groups is 1. The molecule has 1 aromatic heterocycles. The number of carbonyl (C=O) groups is 2. The van der Waals surface area contributed by atoms with Crippen molar-refractivity contribution in [1.29, 1.82) is 0 Å². The van der Waals surface area contributed by atoms with Crippen LogP contribution in [0.4, 0.5) is 4.79 Å².